The number of carbonyl (C=O) groups excluding carboxylic acids is 1. The first-order valence-electron chi connectivity index (χ1n) is 10.2. The third-order valence-electron chi connectivity index (χ3n) is 5.54. The second kappa shape index (κ2) is 9.07. The Hall–Kier alpha value is -2.22. The van der Waals surface area contributed by atoms with E-state index in [9.17, 15) is 13.2 Å². The fourth-order valence-corrected chi connectivity index (χ4v) is 5.31. The molecule has 0 spiro atoms. The van der Waals surface area contributed by atoms with Gasteiger partial charge in [0.2, 0.25) is 10.0 Å². The first-order chi connectivity index (χ1) is 13.8. The molecule has 1 heterocycles. The third-order valence-corrected chi connectivity index (χ3v) is 7.59. The van der Waals surface area contributed by atoms with Gasteiger partial charge in [-0.2, -0.15) is 4.31 Å². The van der Waals surface area contributed by atoms with Crippen molar-refractivity contribution in [1.82, 2.24) is 4.31 Å². The van der Waals surface area contributed by atoms with Gasteiger partial charge in [-0.3, -0.25) is 4.79 Å². The molecular formula is C22H30N3O3S+. The van der Waals surface area contributed by atoms with Gasteiger partial charge < -0.3 is 10.2 Å². The third kappa shape index (κ3) is 4.86. The lowest BCUT2D eigenvalue weighted by atomic mass is 10.00. The summed E-state index contributed by atoms with van der Waals surface area (Å²) < 4.78 is 27.0. The number of sulfonamides is 1. The number of nitrogens with one attached hydrogen (secondary N) is 2. The van der Waals surface area contributed by atoms with Crippen molar-refractivity contribution in [1.29, 1.82) is 0 Å². The van der Waals surface area contributed by atoms with E-state index in [2.05, 4.69) is 23.5 Å². The van der Waals surface area contributed by atoms with E-state index < -0.39 is 10.0 Å². The fourth-order valence-electron chi connectivity index (χ4n) is 3.82. The number of carbonyl (C=O) groups is 1. The second-order valence-electron chi connectivity index (χ2n) is 7.49. The van der Waals surface area contributed by atoms with Gasteiger partial charge in [-0.05, 0) is 30.2 Å². The highest BCUT2D eigenvalue weighted by atomic mass is 32.2. The van der Waals surface area contributed by atoms with Crippen LogP contribution in [0.15, 0.2) is 47.4 Å². The van der Waals surface area contributed by atoms with E-state index in [4.69, 9.17) is 0 Å². The summed E-state index contributed by atoms with van der Waals surface area (Å²) >= 11 is 0. The molecule has 0 saturated carbocycles. The molecule has 0 bridgehead atoms. The molecule has 2 N–H and O–H groups in total. The lowest BCUT2D eigenvalue weighted by Gasteiger charge is -2.25. The summed E-state index contributed by atoms with van der Waals surface area (Å²) in [6.07, 6.45) is 0.968. The van der Waals surface area contributed by atoms with Crippen LogP contribution >= 0.6 is 0 Å². The van der Waals surface area contributed by atoms with E-state index in [-0.39, 0.29) is 10.8 Å². The van der Waals surface area contributed by atoms with Crippen LogP contribution in [0.25, 0.3) is 0 Å². The molecule has 2 aromatic carbocycles. The highest BCUT2D eigenvalue weighted by Gasteiger charge is 2.24. The number of fused-ring (bicyclic) bond motifs is 1. The average Bonchev–Trinajstić information content (AvgIpc) is 2.70. The minimum Gasteiger partial charge on any atom is -0.323 e. The Morgan fingerprint density at radius 2 is 1.79 bits per heavy atom. The average molecular weight is 417 g/mol. The van der Waals surface area contributed by atoms with E-state index >= 15 is 0 Å². The molecule has 0 aliphatic carbocycles. The van der Waals surface area contributed by atoms with Crippen molar-refractivity contribution in [3.8, 4) is 0 Å². The van der Waals surface area contributed by atoms with E-state index in [0.717, 1.165) is 25.1 Å². The van der Waals surface area contributed by atoms with Crippen molar-refractivity contribution >= 4 is 21.6 Å². The van der Waals surface area contributed by atoms with E-state index in [1.165, 1.54) is 20.3 Å². The highest BCUT2D eigenvalue weighted by molar-refractivity contribution is 7.89. The highest BCUT2D eigenvalue weighted by Crippen LogP contribution is 2.23. The topological polar surface area (TPSA) is 70.9 Å². The molecule has 2 aromatic rings. The molecule has 1 unspecified atom stereocenters. The Labute approximate surface area is 173 Å². The van der Waals surface area contributed by atoms with Gasteiger partial charge in [0.15, 0.2) is 6.54 Å². The molecule has 1 aliphatic heterocycles. The zero-order chi connectivity index (χ0) is 21.0. The summed E-state index contributed by atoms with van der Waals surface area (Å²) in [5.74, 6) is -0.0973. The van der Waals surface area contributed by atoms with Gasteiger partial charge in [-0.25, -0.2) is 8.42 Å². The molecular weight excluding hydrogens is 386 g/mol. The number of quaternary nitrogens is 1. The van der Waals surface area contributed by atoms with Crippen molar-refractivity contribution in [2.75, 3.05) is 31.5 Å². The molecule has 0 radical (unpaired) electrons. The summed E-state index contributed by atoms with van der Waals surface area (Å²) in [6.45, 7) is 8.43. The predicted molar refractivity (Wildman–Crippen MR) is 114 cm³/mol. The van der Waals surface area contributed by atoms with Crippen LogP contribution < -0.4 is 10.2 Å². The Morgan fingerprint density at radius 1 is 1.10 bits per heavy atom. The molecule has 0 fully saturated rings. The summed E-state index contributed by atoms with van der Waals surface area (Å²) in [5, 5.41) is 2.93. The number of aryl methyl sites for hydroxylation is 1. The smallest absolute Gasteiger partial charge is 0.279 e. The van der Waals surface area contributed by atoms with Gasteiger partial charge in [0.05, 0.1) is 11.4 Å². The van der Waals surface area contributed by atoms with Gasteiger partial charge in [0.25, 0.3) is 5.91 Å². The first kappa shape index (κ1) is 21.5. The number of anilines is 1. The van der Waals surface area contributed by atoms with Crippen molar-refractivity contribution < 1.29 is 18.1 Å². The summed E-state index contributed by atoms with van der Waals surface area (Å²) in [4.78, 5) is 14.1. The number of hydrogen-bond acceptors (Lipinski definition) is 3. The van der Waals surface area contributed by atoms with Gasteiger partial charge in [-0.15, -0.1) is 0 Å². The maximum atomic E-state index is 12.8. The number of amides is 1. The largest absolute Gasteiger partial charge is 0.323 e. The molecule has 0 saturated heterocycles. The molecule has 6 nitrogen and oxygen atoms in total. The van der Waals surface area contributed by atoms with Gasteiger partial charge >= 0.3 is 0 Å². The number of benzene rings is 2. The number of hydrogen-bond donors (Lipinski definition) is 2. The summed E-state index contributed by atoms with van der Waals surface area (Å²) in [6, 6.07) is 13.3. The Bertz CT molecular complexity index is 985. The minimum absolute atomic E-state index is 0.0973. The van der Waals surface area contributed by atoms with Gasteiger partial charge in [-0.1, -0.05) is 44.2 Å². The lowest BCUT2D eigenvalue weighted by Crippen LogP contribution is -3.12. The van der Waals surface area contributed by atoms with Crippen molar-refractivity contribution in [3.63, 3.8) is 0 Å². The van der Waals surface area contributed by atoms with E-state index in [0.29, 0.717) is 25.3 Å². The fraction of sp³-hybridized carbons (Fsp3) is 0.409. The zero-order valence-corrected chi connectivity index (χ0v) is 18.2. The molecule has 156 valence electrons. The van der Waals surface area contributed by atoms with Crippen LogP contribution in [0, 0.1) is 6.92 Å². The van der Waals surface area contributed by atoms with Gasteiger partial charge in [0, 0.05) is 30.8 Å². The molecule has 1 amide bonds. The van der Waals surface area contributed by atoms with Crippen molar-refractivity contribution in [2.24, 2.45) is 0 Å². The molecule has 7 heteroatoms. The second-order valence-corrected chi connectivity index (χ2v) is 9.42. The van der Waals surface area contributed by atoms with E-state index in [1.807, 2.05) is 26.8 Å². The quantitative estimate of drug-likeness (QED) is 0.720. The SMILES string of the molecule is CCN(CC)S(=O)(=O)c1ccc(C)c(NC(=O)C[NH+]2CCc3ccccc3C2)c1. The standard InChI is InChI=1S/C22H29N3O3S/c1-4-25(5-2)29(27,28)20-11-10-17(3)21(14-20)23-22(26)16-24-13-12-18-8-6-7-9-19(18)15-24/h6-11,14H,4-5,12-13,15-16H2,1-3H3,(H,23,26)/p+1. The van der Waals surface area contributed by atoms with Crippen LogP contribution in [0.3, 0.4) is 0 Å². The molecule has 0 aromatic heterocycles. The van der Waals surface area contributed by atoms with Crippen LogP contribution in [0.5, 0.6) is 0 Å². The minimum atomic E-state index is -3.56. The predicted octanol–water partition coefficient (Wildman–Crippen LogP) is 1.61. The number of nitrogens with zero attached hydrogens (tertiary/aromatic N) is 1. The zero-order valence-electron chi connectivity index (χ0n) is 17.4. The maximum Gasteiger partial charge on any atom is 0.279 e. The van der Waals surface area contributed by atoms with Crippen LogP contribution in [-0.4, -0.2) is 44.8 Å². The first-order valence-corrected chi connectivity index (χ1v) is 11.6. The van der Waals surface area contributed by atoms with Crippen LogP contribution in [0.1, 0.15) is 30.5 Å². The van der Waals surface area contributed by atoms with Crippen LogP contribution in [-0.2, 0) is 27.8 Å². The monoisotopic (exact) mass is 416 g/mol. The lowest BCUT2D eigenvalue weighted by molar-refractivity contribution is -0.907. The summed E-state index contributed by atoms with van der Waals surface area (Å²) in [5.41, 5.74) is 4.06. The van der Waals surface area contributed by atoms with Crippen molar-refractivity contribution in [2.45, 2.75) is 38.6 Å². The normalized spacial score (nSPS) is 16.5. The van der Waals surface area contributed by atoms with Crippen LogP contribution in [0.4, 0.5) is 5.69 Å². The number of rotatable bonds is 7. The van der Waals surface area contributed by atoms with Crippen molar-refractivity contribution in [3.05, 3.63) is 59.2 Å². The Morgan fingerprint density at radius 3 is 2.48 bits per heavy atom. The van der Waals surface area contributed by atoms with Crippen LogP contribution in [0.2, 0.25) is 0 Å². The molecule has 29 heavy (non-hydrogen) atoms. The van der Waals surface area contributed by atoms with Gasteiger partial charge in [0.1, 0.15) is 6.54 Å². The summed E-state index contributed by atoms with van der Waals surface area (Å²) in [7, 11) is -3.56. The molecule has 1 atom stereocenters. The van der Waals surface area contributed by atoms with E-state index in [1.54, 1.807) is 18.2 Å². The Balaban J connectivity index is 1.71. The maximum absolute atomic E-state index is 12.8. The Kier molecular flexibility index (Phi) is 6.72. The molecule has 3 rings (SSSR count). The molecule has 1 aliphatic rings.